The van der Waals surface area contributed by atoms with Gasteiger partial charge in [-0.3, -0.25) is 9.52 Å². The van der Waals surface area contributed by atoms with Crippen molar-refractivity contribution in [3.05, 3.63) is 40.6 Å². The Labute approximate surface area is 195 Å². The summed E-state index contributed by atoms with van der Waals surface area (Å²) >= 11 is 1.06. The van der Waals surface area contributed by atoms with Crippen molar-refractivity contribution in [1.82, 2.24) is 5.16 Å². The molecule has 1 aromatic carbocycles. The summed E-state index contributed by atoms with van der Waals surface area (Å²) < 4.78 is 49.5. The average Bonchev–Trinajstić information content (AvgIpc) is 3.39. The van der Waals surface area contributed by atoms with E-state index in [4.69, 9.17) is 18.7 Å². The van der Waals surface area contributed by atoms with Crippen molar-refractivity contribution in [3.8, 4) is 17.2 Å². The van der Waals surface area contributed by atoms with Gasteiger partial charge in [0.05, 0.1) is 27.0 Å². The van der Waals surface area contributed by atoms with Crippen LogP contribution in [0, 0.1) is 6.92 Å². The molecule has 2 heterocycles. The summed E-state index contributed by atoms with van der Waals surface area (Å²) in [6.45, 7) is 3.09. The maximum atomic E-state index is 12.9. The number of carbonyl (C=O) groups excluding carboxylic acids is 1. The highest BCUT2D eigenvalue weighted by Crippen LogP contribution is 2.40. The Morgan fingerprint density at radius 2 is 1.76 bits per heavy atom. The second-order valence-corrected chi connectivity index (χ2v) is 9.72. The fourth-order valence-electron chi connectivity index (χ4n) is 2.90. The first-order valence-electron chi connectivity index (χ1n) is 9.53. The molecule has 12 heteroatoms. The van der Waals surface area contributed by atoms with E-state index >= 15 is 0 Å². The zero-order chi connectivity index (χ0) is 24.2. The van der Waals surface area contributed by atoms with Crippen LogP contribution in [0.25, 0.3) is 12.2 Å². The average molecular weight is 494 g/mol. The number of aryl methyl sites for hydroxylation is 1. The van der Waals surface area contributed by atoms with Gasteiger partial charge in [0.25, 0.3) is 10.0 Å². The number of aromatic nitrogens is 1. The van der Waals surface area contributed by atoms with E-state index in [1.807, 2.05) is 0 Å². The topological polar surface area (TPSA) is 129 Å². The van der Waals surface area contributed by atoms with Gasteiger partial charge in [-0.15, -0.1) is 11.3 Å². The molecule has 0 aliphatic rings. The number of nitrogens with one attached hydrogen (secondary N) is 2. The summed E-state index contributed by atoms with van der Waals surface area (Å²) in [7, 11) is 0.478. The lowest BCUT2D eigenvalue weighted by atomic mass is 10.2. The van der Waals surface area contributed by atoms with Crippen LogP contribution in [0.5, 0.6) is 17.2 Å². The second kappa shape index (κ2) is 9.96. The van der Waals surface area contributed by atoms with Crippen molar-refractivity contribution in [2.24, 2.45) is 0 Å². The number of nitrogens with zero attached hydrogens (tertiary/aromatic N) is 1. The Morgan fingerprint density at radius 1 is 1.09 bits per heavy atom. The molecule has 0 aliphatic carbocycles. The fraction of sp³-hybridized carbons (Fsp3) is 0.238. The van der Waals surface area contributed by atoms with Gasteiger partial charge >= 0.3 is 0 Å². The first-order valence-corrected chi connectivity index (χ1v) is 11.8. The Hall–Kier alpha value is -3.51. The van der Waals surface area contributed by atoms with Crippen molar-refractivity contribution < 1.29 is 31.9 Å². The summed E-state index contributed by atoms with van der Waals surface area (Å²) in [5, 5.41) is 6.50. The van der Waals surface area contributed by atoms with Crippen LogP contribution in [0.2, 0.25) is 0 Å². The summed E-state index contributed by atoms with van der Waals surface area (Å²) in [6.07, 6.45) is 3.29. The van der Waals surface area contributed by atoms with E-state index in [0.717, 1.165) is 11.3 Å². The summed E-state index contributed by atoms with van der Waals surface area (Å²) in [5.74, 6) is 1.10. The smallest absolute Gasteiger partial charge is 0.271 e. The van der Waals surface area contributed by atoms with Crippen LogP contribution in [0.1, 0.15) is 23.3 Å². The predicted octanol–water partition coefficient (Wildman–Crippen LogP) is 4.00. The number of hydrogen-bond acceptors (Lipinski definition) is 9. The number of sulfonamides is 1. The van der Waals surface area contributed by atoms with Crippen molar-refractivity contribution >= 4 is 50.8 Å². The van der Waals surface area contributed by atoms with Crippen LogP contribution >= 0.6 is 11.3 Å². The van der Waals surface area contributed by atoms with Crippen LogP contribution in [0.15, 0.2) is 33.0 Å². The SMILES string of the molecule is COc1cc(NS(=O)(=O)c2ccc(/C=C/c3onc(C)c3NC(C)=O)s2)cc(OC)c1OC. The highest BCUT2D eigenvalue weighted by Gasteiger charge is 2.20. The minimum Gasteiger partial charge on any atom is -0.493 e. The number of methoxy groups -OCH3 is 3. The monoisotopic (exact) mass is 493 g/mol. The van der Waals surface area contributed by atoms with Crippen LogP contribution in [0.4, 0.5) is 11.4 Å². The predicted molar refractivity (Wildman–Crippen MR) is 126 cm³/mol. The van der Waals surface area contributed by atoms with E-state index in [9.17, 15) is 13.2 Å². The number of carbonyl (C=O) groups is 1. The molecule has 0 saturated carbocycles. The third-order valence-corrected chi connectivity index (χ3v) is 7.30. The number of thiophene rings is 1. The molecule has 0 saturated heterocycles. The molecule has 0 bridgehead atoms. The molecule has 3 aromatic rings. The van der Waals surface area contributed by atoms with Crippen molar-refractivity contribution in [1.29, 1.82) is 0 Å². The highest BCUT2D eigenvalue weighted by molar-refractivity contribution is 7.94. The normalized spacial score (nSPS) is 11.4. The second-order valence-electron chi connectivity index (χ2n) is 6.70. The van der Waals surface area contributed by atoms with Gasteiger partial charge in [0, 0.05) is 23.9 Å². The Kier molecular flexibility index (Phi) is 7.29. The Balaban J connectivity index is 1.83. The van der Waals surface area contributed by atoms with Gasteiger partial charge in [-0.2, -0.15) is 0 Å². The number of anilines is 2. The molecular formula is C21H23N3O7S2. The molecule has 0 fully saturated rings. The Bertz CT molecular complexity index is 1270. The largest absolute Gasteiger partial charge is 0.493 e. The maximum absolute atomic E-state index is 12.9. The molecule has 0 radical (unpaired) electrons. The number of ether oxygens (including phenoxy) is 3. The molecule has 0 spiro atoms. The van der Waals surface area contributed by atoms with Gasteiger partial charge in [0.1, 0.15) is 15.6 Å². The zero-order valence-corrected chi connectivity index (χ0v) is 20.2. The fourth-order valence-corrected chi connectivity index (χ4v) is 5.17. The third kappa shape index (κ3) is 5.46. The molecule has 176 valence electrons. The van der Waals surface area contributed by atoms with Gasteiger partial charge in [-0.25, -0.2) is 8.42 Å². The molecule has 0 unspecified atom stereocenters. The molecule has 2 N–H and O–H groups in total. The molecule has 1 amide bonds. The lowest BCUT2D eigenvalue weighted by Crippen LogP contribution is -2.11. The van der Waals surface area contributed by atoms with E-state index in [1.54, 1.807) is 25.1 Å². The first kappa shape index (κ1) is 24.1. The molecule has 3 rings (SSSR count). The number of hydrogen-bond donors (Lipinski definition) is 2. The van der Waals surface area contributed by atoms with Gasteiger partial charge in [0.2, 0.25) is 11.7 Å². The standard InChI is InChI=1S/C21H23N3O7S2/c1-12-20(22-13(2)25)16(31-23-12)8-6-15-7-9-19(32-15)33(26,27)24-14-10-17(28-3)21(30-5)18(11-14)29-4/h6-11,24H,1-5H3,(H,22,25)/b8-6+. The van der Waals surface area contributed by atoms with Gasteiger partial charge in [-0.1, -0.05) is 5.16 Å². The first-order chi connectivity index (χ1) is 15.7. The number of benzene rings is 1. The molecule has 33 heavy (non-hydrogen) atoms. The van der Waals surface area contributed by atoms with E-state index in [1.165, 1.54) is 46.5 Å². The molecule has 2 aromatic heterocycles. The lowest BCUT2D eigenvalue weighted by Gasteiger charge is -2.14. The maximum Gasteiger partial charge on any atom is 0.271 e. The summed E-state index contributed by atoms with van der Waals surface area (Å²) in [4.78, 5) is 12.0. The van der Waals surface area contributed by atoms with Gasteiger partial charge < -0.3 is 24.1 Å². The molecular weight excluding hydrogens is 470 g/mol. The minimum absolute atomic E-state index is 0.103. The molecule has 0 aliphatic heterocycles. The quantitative estimate of drug-likeness (QED) is 0.458. The van der Waals surface area contributed by atoms with Crippen LogP contribution in [-0.4, -0.2) is 40.8 Å². The van der Waals surface area contributed by atoms with E-state index < -0.39 is 10.0 Å². The van der Waals surface area contributed by atoms with E-state index in [-0.39, 0.29) is 15.8 Å². The van der Waals surface area contributed by atoms with E-state index in [2.05, 4.69) is 15.2 Å². The molecule has 0 atom stereocenters. The highest BCUT2D eigenvalue weighted by atomic mass is 32.2. The lowest BCUT2D eigenvalue weighted by molar-refractivity contribution is -0.114. The van der Waals surface area contributed by atoms with Crippen molar-refractivity contribution in [2.45, 2.75) is 18.1 Å². The van der Waals surface area contributed by atoms with Gasteiger partial charge in [0.15, 0.2) is 17.3 Å². The van der Waals surface area contributed by atoms with Crippen LogP contribution < -0.4 is 24.2 Å². The third-order valence-electron chi connectivity index (χ3n) is 4.37. The van der Waals surface area contributed by atoms with Crippen molar-refractivity contribution in [2.75, 3.05) is 31.4 Å². The van der Waals surface area contributed by atoms with E-state index in [0.29, 0.717) is 39.3 Å². The van der Waals surface area contributed by atoms with Gasteiger partial charge in [-0.05, 0) is 31.2 Å². The number of rotatable bonds is 9. The minimum atomic E-state index is -3.88. The summed E-state index contributed by atoms with van der Waals surface area (Å²) in [5.41, 5.74) is 1.26. The van der Waals surface area contributed by atoms with Crippen LogP contribution in [-0.2, 0) is 14.8 Å². The van der Waals surface area contributed by atoms with Crippen molar-refractivity contribution in [3.63, 3.8) is 0 Å². The zero-order valence-electron chi connectivity index (χ0n) is 18.6. The Morgan fingerprint density at radius 3 is 2.33 bits per heavy atom. The summed E-state index contributed by atoms with van der Waals surface area (Å²) in [6, 6.07) is 6.16. The number of amides is 1. The molecule has 10 nitrogen and oxygen atoms in total. The van der Waals surface area contributed by atoms with Crippen LogP contribution in [0.3, 0.4) is 0 Å².